The third-order valence-electron chi connectivity index (χ3n) is 4.73. The van der Waals surface area contributed by atoms with Gasteiger partial charge < -0.3 is 9.47 Å². The molecule has 0 saturated heterocycles. The van der Waals surface area contributed by atoms with Crippen molar-refractivity contribution in [2.45, 2.75) is 31.6 Å². The van der Waals surface area contributed by atoms with Crippen molar-refractivity contribution in [1.29, 1.82) is 0 Å². The summed E-state index contributed by atoms with van der Waals surface area (Å²) in [5.41, 5.74) is 4.42. The second kappa shape index (κ2) is 5.23. The molecule has 1 fully saturated rings. The van der Waals surface area contributed by atoms with Crippen LogP contribution in [0.1, 0.15) is 46.2 Å². The summed E-state index contributed by atoms with van der Waals surface area (Å²) in [6.45, 7) is 1.49. The van der Waals surface area contributed by atoms with Crippen LogP contribution in [0.3, 0.4) is 0 Å². The van der Waals surface area contributed by atoms with Crippen molar-refractivity contribution < 1.29 is 4.79 Å². The Hall–Kier alpha value is -2.17. The van der Waals surface area contributed by atoms with Crippen molar-refractivity contribution in [3.05, 3.63) is 47.3 Å². The molecular weight excluding hydrogens is 276 g/mol. The van der Waals surface area contributed by atoms with E-state index in [2.05, 4.69) is 9.97 Å². The van der Waals surface area contributed by atoms with E-state index in [4.69, 9.17) is 0 Å². The van der Waals surface area contributed by atoms with Crippen LogP contribution in [0.4, 0.5) is 0 Å². The van der Waals surface area contributed by atoms with Crippen molar-refractivity contribution in [2.75, 3.05) is 13.1 Å². The molecule has 0 radical (unpaired) electrons. The molecule has 114 valence electrons. The predicted molar refractivity (Wildman–Crippen MR) is 82.7 cm³/mol. The first kappa shape index (κ1) is 13.5. The van der Waals surface area contributed by atoms with Crippen molar-refractivity contribution in [1.82, 2.24) is 19.4 Å². The highest BCUT2D eigenvalue weighted by Gasteiger charge is 2.30. The lowest BCUT2D eigenvalue weighted by Gasteiger charge is -2.20. The lowest BCUT2D eigenvalue weighted by Crippen LogP contribution is -2.34. The van der Waals surface area contributed by atoms with Crippen LogP contribution in [0.2, 0.25) is 0 Å². The molecule has 1 saturated carbocycles. The topological polar surface area (TPSA) is 51.0 Å². The zero-order valence-corrected chi connectivity index (χ0v) is 12.8. The third-order valence-corrected chi connectivity index (χ3v) is 4.73. The first-order chi connectivity index (χ1) is 10.7. The van der Waals surface area contributed by atoms with Crippen molar-refractivity contribution >= 4 is 5.91 Å². The molecule has 0 aromatic carbocycles. The summed E-state index contributed by atoms with van der Waals surface area (Å²) in [5.74, 6) is 0.744. The molecule has 1 aliphatic carbocycles. The van der Waals surface area contributed by atoms with Gasteiger partial charge in [-0.15, -0.1) is 0 Å². The summed E-state index contributed by atoms with van der Waals surface area (Å²) in [6.07, 6.45) is 7.80. The normalized spacial score (nSPS) is 18.0. The average Bonchev–Trinajstić information content (AvgIpc) is 3.31. The number of nitrogens with zero attached hydrogens (tertiary/aromatic N) is 4. The summed E-state index contributed by atoms with van der Waals surface area (Å²) in [5, 5.41) is 0. The van der Waals surface area contributed by atoms with Gasteiger partial charge in [0.1, 0.15) is 12.0 Å². The van der Waals surface area contributed by atoms with E-state index in [-0.39, 0.29) is 5.91 Å². The van der Waals surface area contributed by atoms with Crippen LogP contribution in [0.5, 0.6) is 0 Å². The predicted octanol–water partition coefficient (Wildman–Crippen LogP) is 1.93. The molecule has 3 heterocycles. The number of hydrogen-bond donors (Lipinski definition) is 0. The summed E-state index contributed by atoms with van der Waals surface area (Å²) in [6, 6.07) is 3.80. The van der Waals surface area contributed by atoms with Gasteiger partial charge in [0, 0.05) is 44.4 Å². The molecule has 5 heteroatoms. The molecule has 22 heavy (non-hydrogen) atoms. The molecule has 2 aliphatic rings. The van der Waals surface area contributed by atoms with Gasteiger partial charge in [-0.2, -0.15) is 0 Å². The molecule has 5 nitrogen and oxygen atoms in total. The maximum Gasteiger partial charge on any atom is 0.270 e. The van der Waals surface area contributed by atoms with Gasteiger partial charge in [0.15, 0.2) is 0 Å². The monoisotopic (exact) mass is 296 g/mol. The van der Waals surface area contributed by atoms with Crippen molar-refractivity contribution in [3.8, 4) is 0 Å². The van der Waals surface area contributed by atoms with Crippen LogP contribution in [0, 0.1) is 0 Å². The first-order valence-electron chi connectivity index (χ1n) is 7.97. The fourth-order valence-electron chi connectivity index (χ4n) is 3.31. The zero-order chi connectivity index (χ0) is 15.1. The highest BCUT2D eigenvalue weighted by Crippen LogP contribution is 2.41. The number of aryl methyl sites for hydroxylation is 1. The molecule has 1 amide bonds. The fourth-order valence-corrected chi connectivity index (χ4v) is 3.31. The third kappa shape index (κ3) is 2.30. The highest BCUT2D eigenvalue weighted by molar-refractivity contribution is 5.92. The Kier molecular flexibility index (Phi) is 3.21. The number of rotatable bonds is 2. The summed E-state index contributed by atoms with van der Waals surface area (Å²) in [4.78, 5) is 23.6. The molecule has 0 N–H and O–H groups in total. The van der Waals surface area contributed by atoms with Crippen LogP contribution in [0.25, 0.3) is 0 Å². The van der Waals surface area contributed by atoms with E-state index >= 15 is 0 Å². The van der Waals surface area contributed by atoms with Gasteiger partial charge in [0.25, 0.3) is 5.91 Å². The minimum atomic E-state index is 0.112. The maximum atomic E-state index is 12.7. The second-order valence-corrected chi connectivity index (χ2v) is 6.25. The largest absolute Gasteiger partial charge is 0.347 e. The molecule has 4 rings (SSSR count). The van der Waals surface area contributed by atoms with Gasteiger partial charge in [-0.25, -0.2) is 9.97 Å². The molecule has 2 aromatic rings. The van der Waals surface area contributed by atoms with E-state index in [1.54, 1.807) is 6.33 Å². The minimum Gasteiger partial charge on any atom is -0.347 e. The number of carbonyl (C=O) groups is 1. The van der Waals surface area contributed by atoms with Crippen LogP contribution >= 0.6 is 0 Å². The van der Waals surface area contributed by atoms with Gasteiger partial charge >= 0.3 is 0 Å². The minimum absolute atomic E-state index is 0.112. The van der Waals surface area contributed by atoms with E-state index in [0.29, 0.717) is 5.92 Å². The van der Waals surface area contributed by atoms with Crippen molar-refractivity contribution in [3.63, 3.8) is 0 Å². The summed E-state index contributed by atoms with van der Waals surface area (Å²) >= 11 is 0. The molecule has 0 unspecified atom stereocenters. The molecular formula is C17H20N4O. The smallest absolute Gasteiger partial charge is 0.270 e. The lowest BCUT2D eigenvalue weighted by molar-refractivity contribution is 0.0753. The Morgan fingerprint density at radius 1 is 1.23 bits per heavy atom. The van der Waals surface area contributed by atoms with E-state index < -0.39 is 0 Å². The van der Waals surface area contributed by atoms with Crippen LogP contribution < -0.4 is 0 Å². The maximum absolute atomic E-state index is 12.7. The first-order valence-corrected chi connectivity index (χ1v) is 7.97. The summed E-state index contributed by atoms with van der Waals surface area (Å²) in [7, 11) is 1.91. The number of carbonyl (C=O) groups excluding carboxylic acids is 1. The standard InChI is InChI=1S/C17H20N4O/c1-20-8-2-3-15(20)17(22)21-9-6-13-14(7-10-21)18-11-19-16(13)12-4-5-12/h2-3,8,11-12H,4-7,9-10H2,1H3. The Balaban J connectivity index is 1.58. The Bertz CT molecular complexity index is 717. The fraction of sp³-hybridized carbons (Fsp3) is 0.471. The molecule has 0 bridgehead atoms. The van der Waals surface area contributed by atoms with Gasteiger partial charge in [-0.3, -0.25) is 4.79 Å². The highest BCUT2D eigenvalue weighted by atomic mass is 16.2. The number of amides is 1. The van der Waals surface area contributed by atoms with E-state index in [9.17, 15) is 4.79 Å². The van der Waals surface area contributed by atoms with Crippen LogP contribution in [-0.4, -0.2) is 38.4 Å². The second-order valence-electron chi connectivity index (χ2n) is 6.25. The Labute approximate surface area is 130 Å². The average molecular weight is 296 g/mol. The van der Waals surface area contributed by atoms with Gasteiger partial charge in [0.2, 0.25) is 0 Å². The SMILES string of the molecule is Cn1cccc1C(=O)N1CCc2ncnc(C3CC3)c2CC1. The van der Waals surface area contributed by atoms with Gasteiger partial charge in [0.05, 0.1) is 5.69 Å². The van der Waals surface area contributed by atoms with E-state index in [1.165, 1.54) is 24.1 Å². The lowest BCUT2D eigenvalue weighted by atomic mass is 10.0. The van der Waals surface area contributed by atoms with Gasteiger partial charge in [-0.05, 0) is 37.0 Å². The van der Waals surface area contributed by atoms with Gasteiger partial charge in [-0.1, -0.05) is 0 Å². The Morgan fingerprint density at radius 2 is 2.05 bits per heavy atom. The molecule has 0 atom stereocenters. The summed E-state index contributed by atoms with van der Waals surface area (Å²) < 4.78 is 1.88. The van der Waals surface area contributed by atoms with Crippen molar-refractivity contribution in [2.24, 2.45) is 7.05 Å². The molecule has 0 spiro atoms. The van der Waals surface area contributed by atoms with E-state index in [0.717, 1.165) is 37.3 Å². The quantitative estimate of drug-likeness (QED) is 0.851. The number of aromatic nitrogens is 3. The van der Waals surface area contributed by atoms with Crippen LogP contribution in [-0.2, 0) is 19.9 Å². The zero-order valence-electron chi connectivity index (χ0n) is 12.8. The van der Waals surface area contributed by atoms with Crippen LogP contribution in [0.15, 0.2) is 24.7 Å². The molecule has 1 aliphatic heterocycles. The van der Waals surface area contributed by atoms with E-state index in [1.807, 2.05) is 34.8 Å². The number of hydrogen-bond acceptors (Lipinski definition) is 3. The number of fused-ring (bicyclic) bond motifs is 1. The molecule has 2 aromatic heterocycles. The Morgan fingerprint density at radius 3 is 2.77 bits per heavy atom.